The Morgan fingerprint density at radius 2 is 2.06 bits per heavy atom. The summed E-state index contributed by atoms with van der Waals surface area (Å²) in [6.07, 6.45) is 0. The molecule has 90 valence electrons. The van der Waals surface area contributed by atoms with Crippen LogP contribution in [0.2, 0.25) is 5.02 Å². The van der Waals surface area contributed by atoms with Crippen LogP contribution in [0.3, 0.4) is 0 Å². The minimum atomic E-state index is -0.0169. The molecular weight excluding hydrogens is 224 g/mol. The van der Waals surface area contributed by atoms with Crippen molar-refractivity contribution < 1.29 is 4.74 Å². The maximum absolute atomic E-state index is 6.06. The van der Waals surface area contributed by atoms with Crippen LogP contribution in [0.25, 0.3) is 0 Å². The number of rotatable bonds is 4. The van der Waals surface area contributed by atoms with Gasteiger partial charge in [-0.15, -0.1) is 0 Å². The Morgan fingerprint density at radius 3 is 2.50 bits per heavy atom. The van der Waals surface area contributed by atoms with Crippen LogP contribution in [0.1, 0.15) is 24.1 Å². The monoisotopic (exact) mass is 242 g/mol. The van der Waals surface area contributed by atoms with Gasteiger partial charge in [-0.3, -0.25) is 0 Å². The predicted molar refractivity (Wildman–Crippen MR) is 68.2 cm³/mol. The Morgan fingerprint density at radius 1 is 1.44 bits per heavy atom. The van der Waals surface area contributed by atoms with Crippen LogP contribution in [-0.4, -0.2) is 20.2 Å². The Kier molecular flexibility index (Phi) is 4.59. The van der Waals surface area contributed by atoms with Gasteiger partial charge in [0, 0.05) is 16.6 Å². The highest BCUT2D eigenvalue weighted by atomic mass is 35.5. The smallest absolute Gasteiger partial charge is 0.126 e. The highest BCUT2D eigenvalue weighted by molar-refractivity contribution is 6.30. The molecule has 0 aromatic heterocycles. The molecule has 0 bridgehead atoms. The van der Waals surface area contributed by atoms with Crippen LogP contribution in [-0.2, 0) is 0 Å². The van der Waals surface area contributed by atoms with E-state index in [-0.39, 0.29) is 12.1 Å². The molecule has 0 fully saturated rings. The van der Waals surface area contributed by atoms with Crippen LogP contribution >= 0.6 is 11.6 Å². The fourth-order valence-corrected chi connectivity index (χ4v) is 2.25. The molecular formula is C12H19ClN2O. The number of hydrogen-bond acceptors (Lipinski definition) is 3. The normalized spacial score (nSPS) is 14.6. The maximum atomic E-state index is 6.06. The molecule has 0 saturated carbocycles. The third-order valence-electron chi connectivity index (χ3n) is 2.64. The summed E-state index contributed by atoms with van der Waals surface area (Å²) in [7, 11) is 3.54. The lowest BCUT2D eigenvalue weighted by Gasteiger charge is -2.24. The molecule has 1 aromatic rings. The first-order valence-corrected chi connectivity index (χ1v) is 5.66. The second-order valence-corrected chi connectivity index (χ2v) is 4.41. The van der Waals surface area contributed by atoms with Gasteiger partial charge in [-0.25, -0.2) is 0 Å². The average Bonchev–Trinajstić information content (AvgIpc) is 2.17. The number of likely N-dealkylation sites (N-methyl/N-ethyl adjacent to an activating group) is 1. The van der Waals surface area contributed by atoms with Crippen molar-refractivity contribution in [2.45, 2.75) is 25.9 Å². The molecule has 3 N–H and O–H groups in total. The fraction of sp³-hybridized carbons (Fsp3) is 0.500. The summed E-state index contributed by atoms with van der Waals surface area (Å²) in [5, 5.41) is 3.89. The Hall–Kier alpha value is -0.770. The highest BCUT2D eigenvalue weighted by Crippen LogP contribution is 2.32. The molecule has 0 aliphatic rings. The van der Waals surface area contributed by atoms with E-state index in [9.17, 15) is 0 Å². The van der Waals surface area contributed by atoms with Crippen LogP contribution in [0.4, 0.5) is 0 Å². The SMILES string of the molecule is CNC(c1cc(Cl)cc(C)c1OC)C(C)N. The first-order chi connectivity index (χ1) is 7.51. The summed E-state index contributed by atoms with van der Waals surface area (Å²) in [6.45, 7) is 3.93. The van der Waals surface area contributed by atoms with Gasteiger partial charge in [0.05, 0.1) is 13.2 Å². The fourth-order valence-electron chi connectivity index (χ4n) is 1.97. The van der Waals surface area contributed by atoms with Crippen molar-refractivity contribution in [3.8, 4) is 5.75 Å². The van der Waals surface area contributed by atoms with Crippen molar-refractivity contribution in [1.82, 2.24) is 5.32 Å². The second-order valence-electron chi connectivity index (χ2n) is 3.97. The number of hydrogen-bond donors (Lipinski definition) is 2. The van der Waals surface area contributed by atoms with Gasteiger partial charge in [0.2, 0.25) is 0 Å². The molecule has 2 unspecified atom stereocenters. The largest absolute Gasteiger partial charge is 0.496 e. The van der Waals surface area contributed by atoms with E-state index in [2.05, 4.69) is 5.32 Å². The van der Waals surface area contributed by atoms with E-state index >= 15 is 0 Å². The number of nitrogens with two attached hydrogens (primary N) is 1. The summed E-state index contributed by atoms with van der Waals surface area (Å²) < 4.78 is 5.41. The van der Waals surface area contributed by atoms with Gasteiger partial charge >= 0.3 is 0 Å². The first kappa shape index (κ1) is 13.3. The number of nitrogens with one attached hydrogen (secondary N) is 1. The highest BCUT2D eigenvalue weighted by Gasteiger charge is 2.20. The van der Waals surface area contributed by atoms with Crippen LogP contribution < -0.4 is 15.8 Å². The summed E-state index contributed by atoms with van der Waals surface area (Å²) in [6, 6.07) is 3.81. The molecule has 16 heavy (non-hydrogen) atoms. The topological polar surface area (TPSA) is 47.3 Å². The van der Waals surface area contributed by atoms with E-state index in [0.29, 0.717) is 5.02 Å². The van der Waals surface area contributed by atoms with Gasteiger partial charge in [0.25, 0.3) is 0 Å². The van der Waals surface area contributed by atoms with Crippen molar-refractivity contribution >= 4 is 11.6 Å². The maximum Gasteiger partial charge on any atom is 0.126 e. The number of halogens is 1. The van der Waals surface area contributed by atoms with Gasteiger partial charge < -0.3 is 15.8 Å². The molecule has 0 aliphatic carbocycles. The average molecular weight is 243 g/mol. The van der Waals surface area contributed by atoms with Crippen molar-refractivity contribution in [2.75, 3.05) is 14.2 Å². The number of aryl methyl sites for hydroxylation is 1. The summed E-state index contributed by atoms with van der Waals surface area (Å²) in [5.41, 5.74) is 7.97. The third-order valence-corrected chi connectivity index (χ3v) is 2.86. The van der Waals surface area contributed by atoms with E-state index < -0.39 is 0 Å². The van der Waals surface area contributed by atoms with Gasteiger partial charge in [0.15, 0.2) is 0 Å². The summed E-state index contributed by atoms with van der Waals surface area (Å²) in [4.78, 5) is 0. The molecule has 0 amide bonds. The van der Waals surface area contributed by atoms with Gasteiger partial charge in [-0.05, 0) is 38.6 Å². The molecule has 3 nitrogen and oxygen atoms in total. The van der Waals surface area contributed by atoms with Gasteiger partial charge in [0.1, 0.15) is 5.75 Å². The van der Waals surface area contributed by atoms with E-state index in [0.717, 1.165) is 16.9 Å². The van der Waals surface area contributed by atoms with Gasteiger partial charge in [-0.2, -0.15) is 0 Å². The third kappa shape index (κ3) is 2.67. The number of methoxy groups -OCH3 is 1. The minimum Gasteiger partial charge on any atom is -0.496 e. The van der Waals surface area contributed by atoms with Crippen LogP contribution in [0.15, 0.2) is 12.1 Å². The molecule has 1 rings (SSSR count). The van der Waals surface area contributed by atoms with E-state index in [1.54, 1.807) is 7.11 Å². The standard InChI is InChI=1S/C12H19ClN2O/c1-7-5-9(13)6-10(12(7)16-4)11(15-3)8(2)14/h5-6,8,11,15H,14H2,1-4H3. The number of ether oxygens (including phenoxy) is 1. The zero-order valence-electron chi connectivity index (χ0n) is 10.2. The number of benzene rings is 1. The molecule has 0 aliphatic heterocycles. The molecule has 0 spiro atoms. The predicted octanol–water partition coefficient (Wildman–Crippen LogP) is 2.26. The molecule has 0 saturated heterocycles. The first-order valence-electron chi connectivity index (χ1n) is 5.28. The lowest BCUT2D eigenvalue weighted by Crippen LogP contribution is -2.34. The molecule has 0 heterocycles. The van der Waals surface area contributed by atoms with Crippen molar-refractivity contribution in [2.24, 2.45) is 5.73 Å². The van der Waals surface area contributed by atoms with E-state index in [1.807, 2.05) is 33.0 Å². The minimum absolute atomic E-state index is 0.0169. The molecule has 1 aromatic carbocycles. The second kappa shape index (κ2) is 5.53. The lowest BCUT2D eigenvalue weighted by atomic mass is 9.98. The van der Waals surface area contributed by atoms with Crippen LogP contribution in [0.5, 0.6) is 5.75 Å². The van der Waals surface area contributed by atoms with Crippen molar-refractivity contribution in [3.63, 3.8) is 0 Å². The molecule has 4 heteroatoms. The quantitative estimate of drug-likeness (QED) is 0.852. The van der Waals surface area contributed by atoms with Crippen molar-refractivity contribution in [1.29, 1.82) is 0 Å². The van der Waals surface area contributed by atoms with Crippen molar-refractivity contribution in [3.05, 3.63) is 28.3 Å². The van der Waals surface area contributed by atoms with Gasteiger partial charge in [-0.1, -0.05) is 11.6 Å². The zero-order chi connectivity index (χ0) is 12.3. The lowest BCUT2D eigenvalue weighted by molar-refractivity contribution is 0.391. The molecule has 0 radical (unpaired) electrons. The molecule has 2 atom stereocenters. The van der Waals surface area contributed by atoms with E-state index in [1.165, 1.54) is 0 Å². The Bertz CT molecular complexity index is 366. The summed E-state index contributed by atoms with van der Waals surface area (Å²) in [5.74, 6) is 0.848. The Labute approximate surface area is 102 Å². The van der Waals surface area contributed by atoms with Crippen LogP contribution in [0, 0.1) is 6.92 Å². The van der Waals surface area contributed by atoms with E-state index in [4.69, 9.17) is 22.1 Å². The Balaban J connectivity index is 3.29. The summed E-state index contributed by atoms with van der Waals surface area (Å²) >= 11 is 6.06. The zero-order valence-corrected chi connectivity index (χ0v) is 10.9.